The molecule has 0 aliphatic heterocycles. The van der Waals surface area contributed by atoms with E-state index in [1.165, 1.54) is 205 Å². The topological polar surface area (TPSA) is 237 Å². The molecule has 0 saturated carbocycles. The number of rotatable bonds is 73. The second-order valence-electron chi connectivity index (χ2n) is 26.8. The van der Waals surface area contributed by atoms with Crippen LogP contribution >= 0.6 is 15.6 Å². The molecular weight excluding hydrogens is 1210 g/mol. The van der Waals surface area contributed by atoms with Gasteiger partial charge in [0, 0.05) is 25.7 Å². The van der Waals surface area contributed by atoms with Crippen molar-refractivity contribution in [3.8, 4) is 0 Å². The second kappa shape index (κ2) is 66.3. The number of aliphatic hydroxyl groups excluding tert-OH is 1. The molecule has 0 heterocycles. The second-order valence-corrected chi connectivity index (χ2v) is 29.7. The Labute approximate surface area is 562 Å². The lowest BCUT2D eigenvalue weighted by molar-refractivity contribution is -0.161. The van der Waals surface area contributed by atoms with Crippen LogP contribution in [0.2, 0.25) is 0 Å². The first kappa shape index (κ1) is 90.1. The van der Waals surface area contributed by atoms with Gasteiger partial charge in [-0.3, -0.25) is 37.3 Å². The van der Waals surface area contributed by atoms with Gasteiger partial charge in [0.1, 0.15) is 19.3 Å². The van der Waals surface area contributed by atoms with Gasteiger partial charge in [0.15, 0.2) is 12.2 Å². The maximum atomic E-state index is 13.1. The van der Waals surface area contributed by atoms with Crippen LogP contribution in [0.25, 0.3) is 0 Å². The molecule has 5 atom stereocenters. The summed E-state index contributed by atoms with van der Waals surface area (Å²) in [5.41, 5.74) is 0. The Balaban J connectivity index is 5.26. The molecular formula is C73H142O17P2. The molecule has 0 radical (unpaired) electrons. The van der Waals surface area contributed by atoms with Gasteiger partial charge in [0.2, 0.25) is 0 Å². The highest BCUT2D eigenvalue weighted by Crippen LogP contribution is 2.45. The van der Waals surface area contributed by atoms with Crippen LogP contribution in [0.15, 0.2) is 0 Å². The standard InChI is InChI=1S/C73H142O17P2/c1-6-9-12-15-18-21-24-27-29-32-37-42-47-52-57-71(76)84-62-68(89-72(77)58-53-48-43-38-33-30-28-25-22-19-16-13-10-7-2)64-87-91(79,80)85-60-67(74)61-86-92(81,82)88-65-69(90-73(78)59-54-49-44-39-34-35-40-45-50-55-66(4)5)63-83-70(75)56-51-46-41-36-31-26-23-20-17-14-11-8-3/h66-69,74H,6-65H2,1-5H3,(H,79,80)(H,81,82)/t67-,68-,69-/m1/s1. The predicted molar refractivity (Wildman–Crippen MR) is 372 cm³/mol. The number of phosphoric acid groups is 2. The van der Waals surface area contributed by atoms with E-state index in [9.17, 15) is 43.2 Å². The summed E-state index contributed by atoms with van der Waals surface area (Å²) < 4.78 is 68.4. The lowest BCUT2D eigenvalue weighted by Crippen LogP contribution is -2.30. The molecule has 0 aromatic heterocycles. The SMILES string of the molecule is CCCCCCCCCCCCCCCCC(=O)OC[C@H](COP(=O)(O)OC[C@@H](O)COP(=O)(O)OC[C@@H](COC(=O)CCCCCCCCCCCCCC)OC(=O)CCCCCCCCCCCC(C)C)OC(=O)CCCCCCCCCCCCCCCC. The van der Waals surface area contributed by atoms with Gasteiger partial charge in [-0.05, 0) is 31.6 Å². The van der Waals surface area contributed by atoms with Gasteiger partial charge in [0.25, 0.3) is 0 Å². The van der Waals surface area contributed by atoms with Gasteiger partial charge >= 0.3 is 39.5 Å². The first-order valence-corrected chi connectivity index (χ1v) is 41.1. The third kappa shape index (κ3) is 66.7. The fraction of sp³-hybridized carbons (Fsp3) is 0.945. The summed E-state index contributed by atoms with van der Waals surface area (Å²) in [5.74, 6) is -1.38. The maximum absolute atomic E-state index is 13.1. The van der Waals surface area contributed by atoms with Crippen LogP contribution in [0.5, 0.6) is 0 Å². The largest absolute Gasteiger partial charge is 0.472 e. The number of phosphoric ester groups is 2. The molecule has 0 rings (SSSR count). The number of carbonyl (C=O) groups is 4. The Kier molecular flexibility index (Phi) is 64.9. The molecule has 0 amide bonds. The molecule has 92 heavy (non-hydrogen) atoms. The molecule has 546 valence electrons. The quantitative estimate of drug-likeness (QED) is 0.0222. The Hall–Kier alpha value is -1.94. The van der Waals surface area contributed by atoms with Crippen LogP contribution in [0.4, 0.5) is 0 Å². The van der Waals surface area contributed by atoms with Crippen LogP contribution in [-0.2, 0) is 65.4 Å². The summed E-state index contributed by atoms with van der Waals surface area (Å²) in [5, 5.41) is 10.6. The van der Waals surface area contributed by atoms with Gasteiger partial charge < -0.3 is 33.8 Å². The van der Waals surface area contributed by atoms with E-state index in [0.29, 0.717) is 25.7 Å². The molecule has 0 bridgehead atoms. The monoisotopic (exact) mass is 1350 g/mol. The zero-order chi connectivity index (χ0) is 67.7. The van der Waals surface area contributed by atoms with Gasteiger partial charge in [-0.2, -0.15) is 0 Å². The van der Waals surface area contributed by atoms with Crippen molar-refractivity contribution >= 4 is 39.5 Å². The van der Waals surface area contributed by atoms with Crippen molar-refractivity contribution in [3.05, 3.63) is 0 Å². The zero-order valence-electron chi connectivity index (χ0n) is 59.7. The van der Waals surface area contributed by atoms with E-state index in [0.717, 1.165) is 95.8 Å². The van der Waals surface area contributed by atoms with E-state index in [1.807, 2.05) is 0 Å². The molecule has 0 saturated heterocycles. The van der Waals surface area contributed by atoms with Crippen molar-refractivity contribution in [2.75, 3.05) is 39.6 Å². The fourth-order valence-electron chi connectivity index (χ4n) is 11.2. The smallest absolute Gasteiger partial charge is 0.462 e. The van der Waals surface area contributed by atoms with Gasteiger partial charge in [-0.1, -0.05) is 330 Å². The first-order chi connectivity index (χ1) is 44.5. The minimum absolute atomic E-state index is 0.106. The molecule has 0 aromatic carbocycles. The first-order valence-electron chi connectivity index (χ1n) is 38.1. The van der Waals surface area contributed by atoms with Crippen molar-refractivity contribution < 1.29 is 80.2 Å². The van der Waals surface area contributed by atoms with E-state index >= 15 is 0 Å². The maximum Gasteiger partial charge on any atom is 0.472 e. The van der Waals surface area contributed by atoms with Crippen molar-refractivity contribution in [1.29, 1.82) is 0 Å². The van der Waals surface area contributed by atoms with E-state index < -0.39 is 97.5 Å². The Morgan fingerprint density at radius 3 is 0.739 bits per heavy atom. The third-order valence-corrected chi connectivity index (χ3v) is 18.9. The van der Waals surface area contributed by atoms with E-state index in [1.54, 1.807) is 0 Å². The number of hydrogen-bond acceptors (Lipinski definition) is 15. The third-order valence-electron chi connectivity index (χ3n) is 17.0. The summed E-state index contributed by atoms with van der Waals surface area (Å²) in [6.45, 7) is 7.26. The number of hydrogen-bond donors (Lipinski definition) is 3. The number of carbonyl (C=O) groups excluding carboxylic acids is 4. The minimum Gasteiger partial charge on any atom is -0.462 e. The van der Waals surface area contributed by atoms with Crippen molar-refractivity contribution in [1.82, 2.24) is 0 Å². The summed E-state index contributed by atoms with van der Waals surface area (Å²) >= 11 is 0. The van der Waals surface area contributed by atoms with Gasteiger partial charge in [0.05, 0.1) is 26.4 Å². The van der Waals surface area contributed by atoms with Crippen molar-refractivity contribution in [2.45, 2.75) is 400 Å². The summed E-state index contributed by atoms with van der Waals surface area (Å²) in [7, 11) is -9.90. The highest BCUT2D eigenvalue weighted by molar-refractivity contribution is 7.47. The average Bonchev–Trinajstić information content (AvgIpc) is 2.61. The molecule has 0 aliphatic carbocycles. The molecule has 0 aromatic rings. The van der Waals surface area contributed by atoms with Crippen LogP contribution < -0.4 is 0 Å². The highest BCUT2D eigenvalue weighted by Gasteiger charge is 2.30. The Morgan fingerprint density at radius 2 is 0.500 bits per heavy atom. The molecule has 19 heteroatoms. The van der Waals surface area contributed by atoms with Crippen LogP contribution in [0, 0.1) is 5.92 Å². The van der Waals surface area contributed by atoms with E-state index in [4.69, 9.17) is 37.0 Å². The van der Waals surface area contributed by atoms with Crippen molar-refractivity contribution in [3.63, 3.8) is 0 Å². The molecule has 2 unspecified atom stereocenters. The summed E-state index contributed by atoms with van der Waals surface area (Å²) in [4.78, 5) is 72.7. The van der Waals surface area contributed by atoms with Crippen molar-refractivity contribution in [2.24, 2.45) is 5.92 Å². The van der Waals surface area contributed by atoms with Gasteiger partial charge in [-0.25, -0.2) is 9.13 Å². The Morgan fingerprint density at radius 1 is 0.293 bits per heavy atom. The lowest BCUT2D eigenvalue weighted by Gasteiger charge is -2.21. The molecule has 17 nitrogen and oxygen atoms in total. The van der Waals surface area contributed by atoms with Crippen LogP contribution in [0.3, 0.4) is 0 Å². The van der Waals surface area contributed by atoms with Crippen LogP contribution in [0.1, 0.15) is 381 Å². The molecule has 3 N–H and O–H groups in total. The van der Waals surface area contributed by atoms with E-state index in [2.05, 4.69) is 34.6 Å². The van der Waals surface area contributed by atoms with E-state index in [-0.39, 0.29) is 25.7 Å². The predicted octanol–water partition coefficient (Wildman–Crippen LogP) is 21.3. The lowest BCUT2D eigenvalue weighted by atomic mass is 10.0. The fourth-order valence-corrected chi connectivity index (χ4v) is 12.8. The molecule has 0 fully saturated rings. The van der Waals surface area contributed by atoms with Crippen LogP contribution in [-0.4, -0.2) is 96.7 Å². The summed E-state index contributed by atoms with van der Waals surface area (Å²) in [6, 6.07) is 0. The Bertz CT molecular complexity index is 1770. The zero-order valence-corrected chi connectivity index (χ0v) is 61.5. The number of aliphatic hydroxyl groups is 1. The number of esters is 4. The summed E-state index contributed by atoms with van der Waals surface area (Å²) in [6.07, 6.45) is 53.9. The molecule has 0 spiro atoms. The highest BCUT2D eigenvalue weighted by atomic mass is 31.2. The average molecular weight is 1350 g/mol. The minimum atomic E-state index is -4.95. The van der Waals surface area contributed by atoms with Gasteiger partial charge in [-0.15, -0.1) is 0 Å². The number of ether oxygens (including phenoxy) is 4. The molecule has 0 aliphatic rings. The normalized spacial score (nSPS) is 14.0. The number of unbranched alkanes of at least 4 members (excludes halogenated alkanes) is 45.